The Bertz CT molecular complexity index is 668. The van der Waals surface area contributed by atoms with Crippen LogP contribution in [-0.4, -0.2) is 11.0 Å². The molecule has 0 spiro atoms. The average molecular weight is 395 g/mol. The standard InChI is InChI=1S/C13H7BrCl3NO2/c14-9-3-6(15)1-2-8(9)13(20)18-7-4-10(16)12(19)11(17)5-7/h1-5,19H,(H,18,20). The normalized spacial score (nSPS) is 10.4. The van der Waals surface area contributed by atoms with Gasteiger partial charge in [-0.1, -0.05) is 34.8 Å². The van der Waals surface area contributed by atoms with Crippen LogP contribution >= 0.6 is 50.7 Å². The number of carbonyl (C=O) groups is 1. The summed E-state index contributed by atoms with van der Waals surface area (Å²) in [5, 5.41) is 12.7. The second-order valence-corrected chi connectivity index (χ2v) is 5.97. The monoisotopic (exact) mass is 393 g/mol. The molecule has 0 heterocycles. The molecule has 1 amide bonds. The number of hydrogen-bond acceptors (Lipinski definition) is 2. The summed E-state index contributed by atoms with van der Waals surface area (Å²) in [6, 6.07) is 7.63. The van der Waals surface area contributed by atoms with Gasteiger partial charge >= 0.3 is 0 Å². The van der Waals surface area contributed by atoms with E-state index in [2.05, 4.69) is 21.2 Å². The van der Waals surface area contributed by atoms with Crippen LogP contribution in [0.2, 0.25) is 15.1 Å². The molecule has 0 aliphatic heterocycles. The smallest absolute Gasteiger partial charge is 0.256 e. The third-order valence-corrected chi connectivity index (χ3v) is 3.92. The highest BCUT2D eigenvalue weighted by molar-refractivity contribution is 9.10. The number of phenolic OH excluding ortho intramolecular Hbond substituents is 1. The van der Waals surface area contributed by atoms with Crippen molar-refractivity contribution in [3.05, 3.63) is 55.4 Å². The fraction of sp³-hybridized carbons (Fsp3) is 0. The largest absolute Gasteiger partial charge is 0.505 e. The van der Waals surface area contributed by atoms with Gasteiger partial charge in [0.05, 0.1) is 15.6 Å². The molecule has 0 aromatic heterocycles. The van der Waals surface area contributed by atoms with E-state index in [1.807, 2.05) is 0 Å². The van der Waals surface area contributed by atoms with Gasteiger partial charge in [0.2, 0.25) is 0 Å². The fourth-order valence-corrected chi connectivity index (χ4v) is 2.86. The zero-order chi connectivity index (χ0) is 14.9. The molecule has 0 bridgehead atoms. The number of rotatable bonds is 2. The molecular formula is C13H7BrCl3NO2. The average Bonchev–Trinajstić information content (AvgIpc) is 2.35. The summed E-state index contributed by atoms with van der Waals surface area (Å²) >= 11 is 20.7. The lowest BCUT2D eigenvalue weighted by molar-refractivity contribution is 0.102. The van der Waals surface area contributed by atoms with Gasteiger partial charge in [-0.3, -0.25) is 4.79 Å². The highest BCUT2D eigenvalue weighted by Gasteiger charge is 2.13. The molecule has 2 N–H and O–H groups in total. The summed E-state index contributed by atoms with van der Waals surface area (Å²) in [7, 11) is 0. The van der Waals surface area contributed by atoms with Crippen molar-refractivity contribution in [1.29, 1.82) is 0 Å². The number of carbonyl (C=O) groups excluding carboxylic acids is 1. The van der Waals surface area contributed by atoms with Crippen LogP contribution in [-0.2, 0) is 0 Å². The Hall–Kier alpha value is -0.940. The second-order valence-electron chi connectivity index (χ2n) is 3.87. The molecule has 0 aliphatic carbocycles. The van der Waals surface area contributed by atoms with Gasteiger partial charge in [0, 0.05) is 15.2 Å². The third kappa shape index (κ3) is 3.38. The molecule has 0 unspecified atom stereocenters. The van der Waals surface area contributed by atoms with Crippen molar-refractivity contribution in [2.24, 2.45) is 0 Å². The number of phenols is 1. The maximum atomic E-state index is 12.1. The molecule has 0 atom stereocenters. The number of nitrogens with one attached hydrogen (secondary N) is 1. The van der Waals surface area contributed by atoms with E-state index in [9.17, 15) is 9.90 Å². The molecule has 0 aliphatic rings. The Morgan fingerprint density at radius 3 is 2.25 bits per heavy atom. The van der Waals surface area contributed by atoms with Crippen molar-refractivity contribution in [2.45, 2.75) is 0 Å². The van der Waals surface area contributed by atoms with E-state index in [1.165, 1.54) is 12.1 Å². The predicted molar refractivity (Wildman–Crippen MR) is 85.2 cm³/mol. The lowest BCUT2D eigenvalue weighted by atomic mass is 10.2. The van der Waals surface area contributed by atoms with E-state index in [0.29, 0.717) is 20.7 Å². The van der Waals surface area contributed by atoms with Gasteiger partial charge in [-0.05, 0) is 46.3 Å². The molecule has 7 heteroatoms. The zero-order valence-corrected chi connectivity index (χ0v) is 13.6. The maximum absolute atomic E-state index is 12.1. The van der Waals surface area contributed by atoms with Crippen molar-refractivity contribution < 1.29 is 9.90 Å². The van der Waals surface area contributed by atoms with Gasteiger partial charge in [0.1, 0.15) is 0 Å². The van der Waals surface area contributed by atoms with Crippen molar-refractivity contribution in [1.82, 2.24) is 0 Å². The van der Waals surface area contributed by atoms with Crippen molar-refractivity contribution in [3.63, 3.8) is 0 Å². The van der Waals surface area contributed by atoms with Crippen LogP contribution in [0, 0.1) is 0 Å². The molecule has 0 saturated heterocycles. The molecule has 104 valence electrons. The Balaban J connectivity index is 2.28. The molecule has 2 aromatic carbocycles. The minimum atomic E-state index is -0.355. The quantitative estimate of drug-likeness (QED) is 0.672. The molecule has 3 nitrogen and oxygen atoms in total. The van der Waals surface area contributed by atoms with Crippen molar-refractivity contribution >= 4 is 62.3 Å². The van der Waals surface area contributed by atoms with Gasteiger partial charge in [-0.2, -0.15) is 0 Å². The number of hydrogen-bond donors (Lipinski definition) is 2. The molecule has 2 aromatic rings. The Labute approximate surface area is 138 Å². The van der Waals surface area contributed by atoms with E-state index < -0.39 is 0 Å². The van der Waals surface area contributed by atoms with Gasteiger partial charge in [0.25, 0.3) is 5.91 Å². The first-order chi connectivity index (χ1) is 9.38. The summed E-state index contributed by atoms with van der Waals surface area (Å²) in [4.78, 5) is 12.1. The molecule has 0 fully saturated rings. The lowest BCUT2D eigenvalue weighted by Gasteiger charge is -2.09. The first-order valence-electron chi connectivity index (χ1n) is 5.33. The van der Waals surface area contributed by atoms with Crippen LogP contribution < -0.4 is 5.32 Å². The molecule has 20 heavy (non-hydrogen) atoms. The number of amides is 1. The number of aromatic hydroxyl groups is 1. The highest BCUT2D eigenvalue weighted by Crippen LogP contribution is 2.35. The lowest BCUT2D eigenvalue weighted by Crippen LogP contribution is -2.12. The summed E-state index contributed by atoms with van der Waals surface area (Å²) < 4.78 is 0.568. The summed E-state index contributed by atoms with van der Waals surface area (Å²) in [6.45, 7) is 0. The van der Waals surface area contributed by atoms with Crippen molar-refractivity contribution in [3.8, 4) is 5.75 Å². The van der Waals surface area contributed by atoms with Crippen LogP contribution in [0.15, 0.2) is 34.8 Å². The molecule has 0 saturated carbocycles. The predicted octanol–water partition coefficient (Wildman–Crippen LogP) is 5.37. The van der Waals surface area contributed by atoms with E-state index in [1.54, 1.807) is 18.2 Å². The maximum Gasteiger partial charge on any atom is 0.256 e. The second kappa shape index (κ2) is 6.22. The van der Waals surface area contributed by atoms with E-state index in [4.69, 9.17) is 34.8 Å². The zero-order valence-electron chi connectivity index (χ0n) is 9.75. The van der Waals surface area contributed by atoms with Crippen LogP contribution in [0.4, 0.5) is 5.69 Å². The molecular weight excluding hydrogens is 388 g/mol. The SMILES string of the molecule is O=C(Nc1cc(Cl)c(O)c(Cl)c1)c1ccc(Cl)cc1Br. The van der Waals surface area contributed by atoms with Crippen molar-refractivity contribution in [2.75, 3.05) is 5.32 Å². The van der Waals surface area contributed by atoms with Crippen LogP contribution in [0.3, 0.4) is 0 Å². The van der Waals surface area contributed by atoms with E-state index in [-0.39, 0.29) is 21.7 Å². The number of anilines is 1. The number of benzene rings is 2. The van der Waals surface area contributed by atoms with Gasteiger partial charge in [0.15, 0.2) is 5.75 Å². The molecule has 2 rings (SSSR count). The molecule has 0 radical (unpaired) electrons. The highest BCUT2D eigenvalue weighted by atomic mass is 79.9. The summed E-state index contributed by atoms with van der Waals surface area (Å²) in [5.41, 5.74) is 0.791. The van der Waals surface area contributed by atoms with Crippen LogP contribution in [0.25, 0.3) is 0 Å². The fourth-order valence-electron chi connectivity index (χ4n) is 1.51. The number of halogens is 4. The van der Waals surface area contributed by atoms with Gasteiger partial charge < -0.3 is 10.4 Å². The van der Waals surface area contributed by atoms with Crippen LogP contribution in [0.5, 0.6) is 5.75 Å². The van der Waals surface area contributed by atoms with Crippen LogP contribution in [0.1, 0.15) is 10.4 Å². The first kappa shape index (κ1) is 15.4. The Kier molecular flexibility index (Phi) is 4.81. The van der Waals surface area contributed by atoms with E-state index >= 15 is 0 Å². The van der Waals surface area contributed by atoms with Gasteiger partial charge in [-0.25, -0.2) is 0 Å². The first-order valence-corrected chi connectivity index (χ1v) is 7.25. The Morgan fingerprint density at radius 1 is 1.10 bits per heavy atom. The van der Waals surface area contributed by atoms with E-state index in [0.717, 1.165) is 0 Å². The van der Waals surface area contributed by atoms with Gasteiger partial charge in [-0.15, -0.1) is 0 Å². The third-order valence-electron chi connectivity index (χ3n) is 2.45. The Morgan fingerprint density at radius 2 is 1.70 bits per heavy atom. The minimum Gasteiger partial charge on any atom is -0.505 e. The topological polar surface area (TPSA) is 49.3 Å². The summed E-state index contributed by atoms with van der Waals surface area (Å²) in [5.74, 6) is -0.578. The minimum absolute atomic E-state index is 0.0583. The summed E-state index contributed by atoms with van der Waals surface area (Å²) in [6.07, 6.45) is 0.